The van der Waals surface area contributed by atoms with Gasteiger partial charge in [-0.15, -0.1) is 11.8 Å². The van der Waals surface area contributed by atoms with Crippen molar-refractivity contribution < 1.29 is 4.79 Å². The number of hydrogen-bond donors (Lipinski definition) is 0. The molecule has 1 fully saturated rings. The molecule has 0 aromatic heterocycles. The third-order valence-electron chi connectivity index (χ3n) is 4.02. The summed E-state index contributed by atoms with van der Waals surface area (Å²) in [5.74, 6) is 1.36. The van der Waals surface area contributed by atoms with Gasteiger partial charge in [0, 0.05) is 18.7 Å². The second-order valence-electron chi connectivity index (χ2n) is 6.79. The number of benzene rings is 1. The van der Waals surface area contributed by atoms with Crippen LogP contribution in [0.1, 0.15) is 63.5 Å². The zero-order valence-corrected chi connectivity index (χ0v) is 14.5. The molecule has 2 nitrogen and oxygen atoms in total. The molecule has 1 amide bonds. The van der Waals surface area contributed by atoms with Crippen molar-refractivity contribution in [1.29, 1.82) is 0 Å². The lowest BCUT2D eigenvalue weighted by molar-refractivity contribution is -0.131. The van der Waals surface area contributed by atoms with Gasteiger partial charge in [-0.05, 0) is 23.0 Å². The smallest absolute Gasteiger partial charge is 0.223 e. The topological polar surface area (TPSA) is 20.3 Å². The van der Waals surface area contributed by atoms with E-state index in [4.69, 9.17) is 0 Å². The molecule has 1 aromatic rings. The van der Waals surface area contributed by atoms with Crippen molar-refractivity contribution in [1.82, 2.24) is 4.90 Å². The van der Waals surface area contributed by atoms with Gasteiger partial charge in [-0.1, -0.05) is 58.4 Å². The third-order valence-corrected chi connectivity index (χ3v) is 5.28. The van der Waals surface area contributed by atoms with Crippen molar-refractivity contribution in [2.75, 3.05) is 12.3 Å². The lowest BCUT2D eigenvalue weighted by Crippen LogP contribution is -2.30. The molecule has 1 atom stereocenters. The summed E-state index contributed by atoms with van der Waals surface area (Å²) in [5.41, 5.74) is 2.78. The Morgan fingerprint density at radius 2 is 1.95 bits per heavy atom. The number of unbranched alkanes of at least 4 members (excludes halogenated alkanes) is 1. The predicted octanol–water partition coefficient (Wildman–Crippen LogP) is 4.75. The normalized spacial score (nSPS) is 19.0. The van der Waals surface area contributed by atoms with E-state index >= 15 is 0 Å². The zero-order chi connectivity index (χ0) is 15.5. The van der Waals surface area contributed by atoms with Crippen LogP contribution in [0.2, 0.25) is 0 Å². The number of carbonyl (C=O) groups is 1. The average Bonchev–Trinajstić information content (AvgIpc) is 2.93. The number of carbonyl (C=O) groups excluding carboxylic acids is 1. The molecule has 1 heterocycles. The molecule has 1 aromatic carbocycles. The van der Waals surface area contributed by atoms with E-state index < -0.39 is 0 Å². The Labute approximate surface area is 133 Å². The highest BCUT2D eigenvalue weighted by atomic mass is 32.2. The quantitative estimate of drug-likeness (QED) is 0.800. The summed E-state index contributed by atoms with van der Waals surface area (Å²) < 4.78 is 0. The second-order valence-corrected chi connectivity index (χ2v) is 7.97. The molecule has 0 bridgehead atoms. The molecule has 0 aliphatic carbocycles. The van der Waals surface area contributed by atoms with Gasteiger partial charge >= 0.3 is 0 Å². The fourth-order valence-corrected chi connectivity index (χ4v) is 3.90. The molecule has 3 heteroatoms. The first-order chi connectivity index (χ1) is 9.93. The monoisotopic (exact) mass is 305 g/mol. The Bertz CT molecular complexity index is 475. The fraction of sp³-hybridized carbons (Fsp3) is 0.611. The van der Waals surface area contributed by atoms with Crippen LogP contribution in [-0.2, 0) is 10.2 Å². The van der Waals surface area contributed by atoms with Crippen molar-refractivity contribution in [3.8, 4) is 0 Å². The minimum Gasteiger partial charge on any atom is -0.326 e. The van der Waals surface area contributed by atoms with Gasteiger partial charge in [-0.3, -0.25) is 4.79 Å². The van der Waals surface area contributed by atoms with Gasteiger partial charge < -0.3 is 4.90 Å². The van der Waals surface area contributed by atoms with Gasteiger partial charge in [-0.2, -0.15) is 0 Å². The summed E-state index contributed by atoms with van der Waals surface area (Å²) in [6.07, 6.45) is 2.76. The van der Waals surface area contributed by atoms with Gasteiger partial charge in [0.2, 0.25) is 5.91 Å². The van der Waals surface area contributed by atoms with Crippen LogP contribution in [0, 0.1) is 0 Å². The summed E-state index contributed by atoms with van der Waals surface area (Å²) in [6, 6.07) is 8.82. The van der Waals surface area contributed by atoms with Gasteiger partial charge in [0.05, 0.1) is 0 Å². The van der Waals surface area contributed by atoms with Crippen molar-refractivity contribution in [2.45, 2.75) is 57.7 Å². The Morgan fingerprint density at radius 3 is 2.52 bits per heavy atom. The summed E-state index contributed by atoms with van der Waals surface area (Å²) in [6.45, 7) is 9.71. The van der Waals surface area contributed by atoms with E-state index in [0.29, 0.717) is 12.3 Å². The molecule has 0 spiro atoms. The fourth-order valence-electron chi connectivity index (χ4n) is 2.62. The van der Waals surface area contributed by atoms with E-state index in [2.05, 4.69) is 56.9 Å². The van der Waals surface area contributed by atoms with Crippen LogP contribution in [-0.4, -0.2) is 23.1 Å². The first-order valence-electron chi connectivity index (χ1n) is 7.95. The lowest BCUT2D eigenvalue weighted by atomic mass is 9.86. The molecule has 0 saturated carbocycles. The molecule has 1 saturated heterocycles. The van der Waals surface area contributed by atoms with Gasteiger partial charge in [-0.25, -0.2) is 0 Å². The van der Waals surface area contributed by atoms with Crippen LogP contribution >= 0.6 is 11.8 Å². The van der Waals surface area contributed by atoms with E-state index in [1.54, 1.807) is 0 Å². The molecule has 0 radical (unpaired) electrons. The molecular formula is C18H27NOS. The van der Waals surface area contributed by atoms with Gasteiger partial charge in [0.25, 0.3) is 0 Å². The molecule has 0 N–H and O–H groups in total. The van der Waals surface area contributed by atoms with Crippen molar-refractivity contribution in [2.24, 2.45) is 0 Å². The van der Waals surface area contributed by atoms with Crippen molar-refractivity contribution in [3.05, 3.63) is 35.4 Å². The van der Waals surface area contributed by atoms with Gasteiger partial charge in [0.1, 0.15) is 5.37 Å². The minimum absolute atomic E-state index is 0.179. The van der Waals surface area contributed by atoms with Crippen LogP contribution in [0.4, 0.5) is 0 Å². The van der Waals surface area contributed by atoms with E-state index in [-0.39, 0.29) is 10.8 Å². The molecule has 1 aliphatic heterocycles. The Morgan fingerprint density at radius 1 is 1.29 bits per heavy atom. The highest BCUT2D eigenvalue weighted by molar-refractivity contribution is 7.99. The Balaban J connectivity index is 2.11. The van der Waals surface area contributed by atoms with Crippen LogP contribution in [0.25, 0.3) is 0 Å². The number of rotatable bonds is 4. The SMILES string of the molecule is CCCCC(=O)N1CCS[C@@H]1c1ccc(C(C)(C)C)cc1. The minimum atomic E-state index is 0.179. The van der Waals surface area contributed by atoms with Crippen molar-refractivity contribution >= 4 is 17.7 Å². The maximum atomic E-state index is 12.3. The summed E-state index contributed by atoms with van der Waals surface area (Å²) in [4.78, 5) is 14.4. The Kier molecular flexibility index (Phi) is 5.37. The Hall–Kier alpha value is -0.960. The summed E-state index contributed by atoms with van der Waals surface area (Å²) in [5, 5.41) is 0.211. The van der Waals surface area contributed by atoms with E-state index in [9.17, 15) is 4.79 Å². The van der Waals surface area contributed by atoms with Gasteiger partial charge in [0.15, 0.2) is 0 Å². The average molecular weight is 305 g/mol. The highest BCUT2D eigenvalue weighted by Crippen LogP contribution is 2.39. The summed E-state index contributed by atoms with van der Waals surface area (Å²) in [7, 11) is 0. The molecule has 2 rings (SSSR count). The molecule has 1 aliphatic rings. The third kappa shape index (κ3) is 4.03. The molecule has 116 valence electrons. The number of nitrogens with zero attached hydrogens (tertiary/aromatic N) is 1. The molecule has 0 unspecified atom stereocenters. The van der Waals surface area contributed by atoms with E-state index in [0.717, 1.165) is 25.1 Å². The standard InChI is InChI=1S/C18H27NOS/c1-5-6-7-16(20)19-12-13-21-17(19)14-8-10-15(11-9-14)18(2,3)4/h8-11,17H,5-7,12-13H2,1-4H3/t17-/m1/s1. The second kappa shape index (κ2) is 6.87. The van der Waals surface area contributed by atoms with E-state index in [1.165, 1.54) is 11.1 Å². The predicted molar refractivity (Wildman–Crippen MR) is 91.6 cm³/mol. The molecule has 21 heavy (non-hydrogen) atoms. The largest absolute Gasteiger partial charge is 0.326 e. The molecular weight excluding hydrogens is 278 g/mol. The van der Waals surface area contributed by atoms with Crippen LogP contribution in [0.3, 0.4) is 0 Å². The number of thioether (sulfide) groups is 1. The summed E-state index contributed by atoms with van der Waals surface area (Å²) >= 11 is 1.88. The maximum Gasteiger partial charge on any atom is 0.223 e. The lowest BCUT2D eigenvalue weighted by Gasteiger charge is -2.25. The van der Waals surface area contributed by atoms with Crippen LogP contribution in [0.15, 0.2) is 24.3 Å². The number of hydrogen-bond acceptors (Lipinski definition) is 2. The van der Waals surface area contributed by atoms with Crippen molar-refractivity contribution in [3.63, 3.8) is 0 Å². The first-order valence-corrected chi connectivity index (χ1v) is 9.00. The maximum absolute atomic E-state index is 12.3. The first kappa shape index (κ1) is 16.4. The zero-order valence-electron chi connectivity index (χ0n) is 13.7. The highest BCUT2D eigenvalue weighted by Gasteiger charge is 2.30. The van der Waals surface area contributed by atoms with Crippen LogP contribution in [0.5, 0.6) is 0 Å². The van der Waals surface area contributed by atoms with Crippen LogP contribution < -0.4 is 0 Å². The van der Waals surface area contributed by atoms with E-state index in [1.807, 2.05) is 11.8 Å². The number of amides is 1.